The van der Waals surface area contributed by atoms with E-state index in [-0.39, 0.29) is 10.6 Å². The number of carbonyl (C=O) groups excluding carboxylic acids is 1. The highest BCUT2D eigenvalue weighted by atomic mass is 32.2. The smallest absolute Gasteiger partial charge is 0.343 e. The van der Waals surface area contributed by atoms with E-state index >= 15 is 0 Å². The van der Waals surface area contributed by atoms with Gasteiger partial charge < -0.3 is 9.84 Å². The second-order valence-electron chi connectivity index (χ2n) is 6.02. The molecule has 0 unspecified atom stereocenters. The van der Waals surface area contributed by atoms with E-state index in [4.69, 9.17) is 9.29 Å². The van der Waals surface area contributed by atoms with Crippen LogP contribution in [0.1, 0.15) is 29.8 Å². The van der Waals surface area contributed by atoms with Crippen molar-refractivity contribution in [3.8, 4) is 5.75 Å². The van der Waals surface area contributed by atoms with Crippen molar-refractivity contribution in [2.45, 2.75) is 30.8 Å². The van der Waals surface area contributed by atoms with Gasteiger partial charge in [0.1, 0.15) is 5.75 Å². The molecule has 2 aromatic rings. The Hall–Kier alpha value is -2.22. The van der Waals surface area contributed by atoms with Gasteiger partial charge in [0.05, 0.1) is 16.1 Å². The molecule has 0 radical (unpaired) electrons. The van der Waals surface area contributed by atoms with Gasteiger partial charge in [0, 0.05) is 6.42 Å². The van der Waals surface area contributed by atoms with E-state index in [2.05, 4.69) is 0 Å². The number of hydrogen-bond donors (Lipinski definition) is 2. The lowest BCUT2D eigenvalue weighted by molar-refractivity contribution is 0.0734. The molecule has 24 heavy (non-hydrogen) atoms. The van der Waals surface area contributed by atoms with Crippen LogP contribution < -0.4 is 4.74 Å². The van der Waals surface area contributed by atoms with E-state index in [0.29, 0.717) is 12.0 Å². The molecule has 0 aliphatic carbocycles. The normalized spacial score (nSPS) is 12.0. The fraction of sp³-hybridized carbons (Fsp3) is 0.235. The third-order valence-electron chi connectivity index (χ3n) is 3.16. The number of esters is 1. The van der Waals surface area contributed by atoms with Gasteiger partial charge in [-0.3, -0.25) is 4.55 Å². The number of aliphatic hydroxyl groups is 1. The molecule has 0 aliphatic heterocycles. The topological polar surface area (TPSA) is 101 Å². The third kappa shape index (κ3) is 5.16. The number of ether oxygens (including phenoxy) is 1. The Kier molecular flexibility index (Phi) is 5.08. The van der Waals surface area contributed by atoms with Gasteiger partial charge in [-0.2, -0.15) is 8.42 Å². The number of benzene rings is 2. The van der Waals surface area contributed by atoms with Crippen LogP contribution in [0.3, 0.4) is 0 Å². The Balaban J connectivity index is 2.07. The highest BCUT2D eigenvalue weighted by Gasteiger charge is 2.15. The summed E-state index contributed by atoms with van der Waals surface area (Å²) in [4.78, 5) is 11.8. The summed E-state index contributed by atoms with van der Waals surface area (Å²) >= 11 is 0. The van der Waals surface area contributed by atoms with Gasteiger partial charge in [0.15, 0.2) is 0 Å². The molecule has 128 valence electrons. The Morgan fingerprint density at radius 3 is 2.04 bits per heavy atom. The number of hydrogen-bond acceptors (Lipinski definition) is 5. The minimum Gasteiger partial charge on any atom is -0.423 e. The first-order valence-electron chi connectivity index (χ1n) is 7.16. The maximum Gasteiger partial charge on any atom is 0.343 e. The molecular formula is C17H18O6S. The number of carbonyl (C=O) groups is 1. The summed E-state index contributed by atoms with van der Waals surface area (Å²) in [7, 11) is -4.28. The van der Waals surface area contributed by atoms with E-state index in [1.807, 2.05) is 0 Å². The monoisotopic (exact) mass is 350 g/mol. The van der Waals surface area contributed by atoms with Gasteiger partial charge in [-0.25, -0.2) is 4.79 Å². The Morgan fingerprint density at radius 1 is 1.04 bits per heavy atom. The molecule has 0 atom stereocenters. The average Bonchev–Trinajstić information content (AvgIpc) is 2.46. The second-order valence-corrected chi connectivity index (χ2v) is 7.44. The molecule has 2 N–H and O–H groups in total. The lowest BCUT2D eigenvalue weighted by Gasteiger charge is -2.16. The first-order valence-corrected chi connectivity index (χ1v) is 8.60. The zero-order chi connectivity index (χ0) is 18.0. The molecule has 7 heteroatoms. The second kappa shape index (κ2) is 6.72. The van der Waals surface area contributed by atoms with Crippen LogP contribution >= 0.6 is 0 Å². The summed E-state index contributed by atoms with van der Waals surface area (Å²) in [5.41, 5.74) is 0.376. The summed E-state index contributed by atoms with van der Waals surface area (Å²) in [6, 6.07) is 11.5. The third-order valence-corrected chi connectivity index (χ3v) is 4.03. The van der Waals surface area contributed by atoms with Crippen LogP contribution in [0.5, 0.6) is 5.75 Å². The van der Waals surface area contributed by atoms with Crippen molar-refractivity contribution in [1.29, 1.82) is 0 Å². The van der Waals surface area contributed by atoms with Gasteiger partial charge in [0.25, 0.3) is 10.1 Å². The molecule has 0 aliphatic rings. The van der Waals surface area contributed by atoms with E-state index in [1.165, 1.54) is 12.1 Å². The van der Waals surface area contributed by atoms with Gasteiger partial charge >= 0.3 is 5.97 Å². The maximum absolute atomic E-state index is 12.1. The first-order chi connectivity index (χ1) is 11.0. The van der Waals surface area contributed by atoms with Crippen molar-refractivity contribution in [2.24, 2.45) is 0 Å². The van der Waals surface area contributed by atoms with Crippen molar-refractivity contribution in [3.63, 3.8) is 0 Å². The van der Waals surface area contributed by atoms with Crippen LogP contribution in [0.2, 0.25) is 0 Å². The van der Waals surface area contributed by atoms with Crippen molar-refractivity contribution in [2.75, 3.05) is 0 Å². The lowest BCUT2D eigenvalue weighted by Crippen LogP contribution is -2.21. The number of rotatable bonds is 5. The van der Waals surface area contributed by atoms with Crippen LogP contribution in [0.15, 0.2) is 53.4 Å². The van der Waals surface area contributed by atoms with E-state index in [1.54, 1.807) is 38.1 Å². The fourth-order valence-electron chi connectivity index (χ4n) is 2.10. The van der Waals surface area contributed by atoms with Gasteiger partial charge in [-0.15, -0.1) is 0 Å². The minimum atomic E-state index is -4.28. The molecule has 0 saturated carbocycles. The summed E-state index contributed by atoms with van der Waals surface area (Å²) in [5, 5.41) is 9.77. The summed E-state index contributed by atoms with van der Waals surface area (Å²) < 4.78 is 35.9. The van der Waals surface area contributed by atoms with Crippen LogP contribution in [0.4, 0.5) is 0 Å². The molecule has 6 nitrogen and oxygen atoms in total. The minimum absolute atomic E-state index is 0.160. The fourth-order valence-corrected chi connectivity index (χ4v) is 2.58. The predicted octanol–water partition coefficient (Wildman–Crippen LogP) is 2.47. The van der Waals surface area contributed by atoms with Crippen LogP contribution in [-0.2, 0) is 16.5 Å². The highest BCUT2D eigenvalue weighted by Crippen LogP contribution is 2.18. The predicted molar refractivity (Wildman–Crippen MR) is 87.7 cm³/mol. The van der Waals surface area contributed by atoms with E-state index < -0.39 is 21.7 Å². The van der Waals surface area contributed by atoms with Crippen molar-refractivity contribution < 1.29 is 27.6 Å². The molecule has 0 saturated heterocycles. The standard InChI is InChI=1S/C17H18O6S/c1-17(2,19)11-12-3-5-13(6-4-12)16(18)23-14-7-9-15(10-8-14)24(20,21)22/h3-10,19H,11H2,1-2H3,(H,20,21,22). The molecule has 0 aromatic heterocycles. The van der Waals surface area contributed by atoms with E-state index in [0.717, 1.165) is 17.7 Å². The molecular weight excluding hydrogens is 332 g/mol. The molecule has 0 spiro atoms. The molecule has 0 amide bonds. The van der Waals surface area contributed by atoms with Gasteiger partial charge in [-0.05, 0) is 55.8 Å². The van der Waals surface area contributed by atoms with Crippen molar-refractivity contribution in [1.82, 2.24) is 0 Å². The van der Waals surface area contributed by atoms with Crippen LogP contribution in [0.25, 0.3) is 0 Å². The van der Waals surface area contributed by atoms with Crippen LogP contribution in [0, 0.1) is 0 Å². The van der Waals surface area contributed by atoms with E-state index in [9.17, 15) is 18.3 Å². The largest absolute Gasteiger partial charge is 0.423 e. The quantitative estimate of drug-likeness (QED) is 0.488. The SMILES string of the molecule is CC(C)(O)Cc1ccc(C(=O)Oc2ccc(S(=O)(=O)O)cc2)cc1. The summed E-state index contributed by atoms with van der Waals surface area (Å²) in [6.45, 7) is 3.40. The first kappa shape index (κ1) is 18.1. The van der Waals surface area contributed by atoms with Crippen LogP contribution in [-0.4, -0.2) is 29.6 Å². The maximum atomic E-state index is 12.1. The van der Waals surface area contributed by atoms with Gasteiger partial charge in [0.2, 0.25) is 0 Å². The molecule has 0 fully saturated rings. The molecule has 0 bridgehead atoms. The van der Waals surface area contributed by atoms with Gasteiger partial charge in [-0.1, -0.05) is 12.1 Å². The molecule has 0 heterocycles. The summed E-state index contributed by atoms with van der Waals surface area (Å²) in [6.07, 6.45) is 0.458. The van der Waals surface area contributed by atoms with Crippen molar-refractivity contribution in [3.05, 3.63) is 59.7 Å². The Morgan fingerprint density at radius 2 is 1.58 bits per heavy atom. The molecule has 2 rings (SSSR count). The summed E-state index contributed by atoms with van der Waals surface area (Å²) in [5.74, 6) is -0.433. The zero-order valence-electron chi connectivity index (χ0n) is 13.3. The lowest BCUT2D eigenvalue weighted by atomic mass is 9.98. The Bertz CT molecular complexity index is 815. The zero-order valence-corrected chi connectivity index (χ0v) is 14.1. The molecule has 2 aromatic carbocycles. The Labute approximate surface area is 140 Å². The highest BCUT2D eigenvalue weighted by molar-refractivity contribution is 7.85. The van der Waals surface area contributed by atoms with Crippen molar-refractivity contribution >= 4 is 16.1 Å². The average molecular weight is 350 g/mol.